The van der Waals surface area contributed by atoms with Crippen molar-refractivity contribution in [3.8, 4) is 0 Å². The third kappa shape index (κ3) is 4.75. The molecule has 1 saturated carbocycles. The smallest absolute Gasteiger partial charge is 0.354 e. The van der Waals surface area contributed by atoms with Gasteiger partial charge in [-0.3, -0.25) is 14.9 Å². The second-order valence-electron chi connectivity index (χ2n) is 6.96. The predicted octanol–water partition coefficient (Wildman–Crippen LogP) is 3.16. The van der Waals surface area contributed by atoms with E-state index >= 15 is 0 Å². The van der Waals surface area contributed by atoms with E-state index in [4.69, 9.17) is 9.47 Å². The van der Waals surface area contributed by atoms with Gasteiger partial charge in [0.2, 0.25) is 5.91 Å². The summed E-state index contributed by atoms with van der Waals surface area (Å²) < 4.78 is 10.0. The number of benzene rings is 1. The zero-order valence-electron chi connectivity index (χ0n) is 16.5. The molecule has 0 heterocycles. The summed E-state index contributed by atoms with van der Waals surface area (Å²) in [6.07, 6.45) is 5.54. The normalized spacial score (nSPS) is 15.9. The Labute approximate surface area is 164 Å². The number of non-ortho nitro benzene ring substituents is 1. The van der Waals surface area contributed by atoms with E-state index in [0.29, 0.717) is 18.6 Å². The number of carbonyl (C=O) groups is 2. The standard InChI is InChI=1S/C20H26N2O6/c1-21(19(24)20(12-13-27-2)10-4-5-11-20)17(18(23)28-3)14-15-6-8-16(9-7-15)22(25)26/h6-9,14H,4-5,10-13H2,1-3H3/b17-14-. The summed E-state index contributed by atoms with van der Waals surface area (Å²) in [7, 11) is 4.41. The first-order valence-electron chi connectivity index (χ1n) is 9.16. The molecule has 1 aliphatic carbocycles. The predicted molar refractivity (Wildman–Crippen MR) is 103 cm³/mol. The highest BCUT2D eigenvalue weighted by atomic mass is 16.6. The van der Waals surface area contributed by atoms with Crippen LogP contribution in [0.3, 0.4) is 0 Å². The molecule has 0 saturated heterocycles. The highest BCUT2D eigenvalue weighted by Crippen LogP contribution is 2.43. The molecule has 0 unspecified atom stereocenters. The van der Waals surface area contributed by atoms with Crippen LogP contribution in [-0.2, 0) is 19.1 Å². The largest absolute Gasteiger partial charge is 0.464 e. The molecule has 0 spiro atoms. The van der Waals surface area contributed by atoms with Crippen molar-refractivity contribution in [2.75, 3.05) is 27.9 Å². The number of rotatable bonds is 8. The minimum Gasteiger partial charge on any atom is -0.464 e. The highest BCUT2D eigenvalue weighted by Gasteiger charge is 2.43. The summed E-state index contributed by atoms with van der Waals surface area (Å²) in [4.78, 5) is 37.3. The van der Waals surface area contributed by atoms with Crippen molar-refractivity contribution in [3.05, 3.63) is 45.6 Å². The van der Waals surface area contributed by atoms with Gasteiger partial charge in [-0.2, -0.15) is 0 Å². The van der Waals surface area contributed by atoms with Gasteiger partial charge < -0.3 is 14.4 Å². The second-order valence-corrected chi connectivity index (χ2v) is 6.96. The molecule has 1 aliphatic rings. The van der Waals surface area contributed by atoms with Gasteiger partial charge in [0.05, 0.1) is 17.4 Å². The lowest BCUT2D eigenvalue weighted by Crippen LogP contribution is -2.42. The molecule has 0 aromatic heterocycles. The molecule has 8 nitrogen and oxygen atoms in total. The van der Waals surface area contributed by atoms with E-state index in [-0.39, 0.29) is 17.3 Å². The molecular weight excluding hydrogens is 364 g/mol. The molecule has 152 valence electrons. The Hall–Kier alpha value is -2.74. The van der Waals surface area contributed by atoms with Gasteiger partial charge in [0.25, 0.3) is 5.69 Å². The lowest BCUT2D eigenvalue weighted by Gasteiger charge is -2.32. The van der Waals surface area contributed by atoms with Crippen LogP contribution in [0.2, 0.25) is 0 Å². The first kappa shape index (κ1) is 21.6. The van der Waals surface area contributed by atoms with E-state index in [1.807, 2.05) is 0 Å². The number of nitrogens with zero attached hydrogens (tertiary/aromatic N) is 2. The van der Waals surface area contributed by atoms with Gasteiger partial charge in [-0.15, -0.1) is 0 Å². The summed E-state index contributed by atoms with van der Waals surface area (Å²) in [6, 6.07) is 5.74. The highest BCUT2D eigenvalue weighted by molar-refractivity contribution is 5.99. The fourth-order valence-electron chi connectivity index (χ4n) is 3.63. The van der Waals surface area contributed by atoms with Crippen LogP contribution in [0.25, 0.3) is 6.08 Å². The van der Waals surface area contributed by atoms with Gasteiger partial charge >= 0.3 is 5.97 Å². The van der Waals surface area contributed by atoms with Gasteiger partial charge in [-0.05, 0) is 43.0 Å². The van der Waals surface area contributed by atoms with E-state index in [1.165, 1.54) is 42.4 Å². The van der Waals surface area contributed by atoms with Crippen molar-refractivity contribution < 1.29 is 24.0 Å². The number of carbonyl (C=O) groups excluding carboxylic acids is 2. The van der Waals surface area contributed by atoms with Gasteiger partial charge in [-0.25, -0.2) is 4.79 Å². The molecule has 1 amide bonds. The topological polar surface area (TPSA) is 99.0 Å². The summed E-state index contributed by atoms with van der Waals surface area (Å²) in [6.45, 7) is 0.471. The third-order valence-electron chi connectivity index (χ3n) is 5.27. The fraction of sp³-hybridized carbons (Fsp3) is 0.500. The van der Waals surface area contributed by atoms with Crippen molar-refractivity contribution in [3.63, 3.8) is 0 Å². The van der Waals surface area contributed by atoms with Gasteiger partial charge in [0.1, 0.15) is 5.70 Å². The maximum absolute atomic E-state index is 13.3. The molecule has 2 rings (SSSR count). The number of amides is 1. The Morgan fingerprint density at radius 3 is 2.32 bits per heavy atom. The molecule has 0 atom stereocenters. The van der Waals surface area contributed by atoms with Crippen LogP contribution in [0.5, 0.6) is 0 Å². The minimum atomic E-state index is -0.644. The van der Waals surface area contributed by atoms with E-state index in [2.05, 4.69) is 0 Å². The lowest BCUT2D eigenvalue weighted by atomic mass is 9.81. The molecule has 28 heavy (non-hydrogen) atoms. The minimum absolute atomic E-state index is 0.0503. The van der Waals surface area contributed by atoms with Crippen LogP contribution < -0.4 is 0 Å². The average Bonchev–Trinajstić information content (AvgIpc) is 3.19. The first-order valence-corrected chi connectivity index (χ1v) is 9.16. The molecule has 1 aromatic carbocycles. The number of methoxy groups -OCH3 is 2. The van der Waals surface area contributed by atoms with Crippen LogP contribution in [-0.4, -0.2) is 49.6 Å². The van der Waals surface area contributed by atoms with Crippen LogP contribution in [0.15, 0.2) is 30.0 Å². The zero-order valence-corrected chi connectivity index (χ0v) is 16.5. The van der Waals surface area contributed by atoms with Gasteiger partial charge in [0.15, 0.2) is 0 Å². The number of likely N-dealkylation sites (N-methyl/N-ethyl adjacent to an activating group) is 1. The van der Waals surface area contributed by atoms with Crippen molar-refractivity contribution in [2.24, 2.45) is 5.41 Å². The van der Waals surface area contributed by atoms with Crippen LogP contribution in [0.4, 0.5) is 5.69 Å². The number of hydrogen-bond donors (Lipinski definition) is 0. The molecule has 8 heteroatoms. The molecule has 0 radical (unpaired) electrons. The van der Waals surface area contributed by atoms with E-state index in [1.54, 1.807) is 14.2 Å². The van der Waals surface area contributed by atoms with Crippen molar-refractivity contribution >= 4 is 23.6 Å². The van der Waals surface area contributed by atoms with Crippen LogP contribution >= 0.6 is 0 Å². The maximum atomic E-state index is 13.3. The SMILES string of the molecule is COCCC1(C(=O)N(C)/C(=C\c2ccc([N+](=O)[O-])cc2)C(=O)OC)CCCC1. The Morgan fingerprint density at radius 2 is 1.82 bits per heavy atom. The lowest BCUT2D eigenvalue weighted by molar-refractivity contribution is -0.384. The van der Waals surface area contributed by atoms with Crippen molar-refractivity contribution in [1.29, 1.82) is 0 Å². The zero-order chi connectivity index (χ0) is 20.7. The van der Waals surface area contributed by atoms with E-state index in [9.17, 15) is 19.7 Å². The summed E-state index contributed by atoms with van der Waals surface area (Å²) >= 11 is 0. The van der Waals surface area contributed by atoms with Gasteiger partial charge in [-0.1, -0.05) is 12.8 Å². The Balaban J connectivity index is 2.34. The quantitative estimate of drug-likeness (QED) is 0.293. The molecule has 0 N–H and O–H groups in total. The van der Waals surface area contributed by atoms with Crippen LogP contribution in [0, 0.1) is 15.5 Å². The van der Waals surface area contributed by atoms with Gasteiger partial charge in [0, 0.05) is 32.9 Å². The Morgan fingerprint density at radius 1 is 1.21 bits per heavy atom. The van der Waals surface area contributed by atoms with Crippen molar-refractivity contribution in [2.45, 2.75) is 32.1 Å². The molecule has 1 fully saturated rings. The first-order chi connectivity index (χ1) is 13.3. The number of ether oxygens (including phenoxy) is 2. The summed E-state index contributed by atoms with van der Waals surface area (Å²) in [5.74, 6) is -0.783. The van der Waals surface area contributed by atoms with E-state index in [0.717, 1.165) is 25.7 Å². The maximum Gasteiger partial charge on any atom is 0.354 e. The number of esters is 1. The van der Waals surface area contributed by atoms with Crippen molar-refractivity contribution in [1.82, 2.24) is 4.90 Å². The molecule has 1 aromatic rings. The fourth-order valence-corrected chi connectivity index (χ4v) is 3.63. The van der Waals surface area contributed by atoms with E-state index < -0.39 is 16.3 Å². The number of hydrogen-bond acceptors (Lipinski definition) is 6. The van der Waals surface area contributed by atoms with Crippen LogP contribution in [0.1, 0.15) is 37.7 Å². The summed E-state index contributed by atoms with van der Waals surface area (Å²) in [5.41, 5.74) is 0.0478. The molecule has 0 aliphatic heterocycles. The average molecular weight is 390 g/mol. The Bertz CT molecular complexity index is 750. The molecule has 0 bridgehead atoms. The third-order valence-corrected chi connectivity index (χ3v) is 5.27. The summed E-state index contributed by atoms with van der Waals surface area (Å²) in [5, 5.41) is 10.8. The number of nitro groups is 1. The monoisotopic (exact) mass is 390 g/mol. The molecular formula is C20H26N2O6. The second kappa shape index (κ2) is 9.45. The Kier molecular flexibility index (Phi) is 7.28. The number of nitro benzene ring substituents is 1.